The van der Waals surface area contributed by atoms with Crippen LogP contribution in [0.2, 0.25) is 0 Å². The Kier molecular flexibility index (Phi) is 2.57. The first-order valence-corrected chi connectivity index (χ1v) is 4.83. The number of fused-ring (bicyclic) bond motifs is 1. The zero-order valence-corrected chi connectivity index (χ0v) is 8.66. The van der Waals surface area contributed by atoms with E-state index in [1.165, 1.54) is 0 Å². The van der Waals surface area contributed by atoms with Gasteiger partial charge < -0.3 is 19.9 Å². The van der Waals surface area contributed by atoms with Crippen LogP contribution < -0.4 is 5.73 Å². The Morgan fingerprint density at radius 3 is 2.67 bits per heavy atom. The summed E-state index contributed by atoms with van der Waals surface area (Å²) in [6.07, 6.45) is -1.52. The van der Waals surface area contributed by atoms with Gasteiger partial charge in [0.2, 0.25) is 0 Å². The molecule has 2 fully saturated rings. The molecule has 0 spiro atoms. The fourth-order valence-electron chi connectivity index (χ4n) is 1.99. The third-order valence-electron chi connectivity index (χ3n) is 2.52. The van der Waals surface area contributed by atoms with Crippen molar-refractivity contribution in [1.29, 1.82) is 0 Å². The van der Waals surface area contributed by atoms with E-state index in [9.17, 15) is 0 Å². The average Bonchev–Trinajstić information content (AvgIpc) is 2.61. The molecule has 1 unspecified atom stereocenters. The Hall–Kier alpha value is -0.850. The predicted octanol–water partition coefficient (Wildman–Crippen LogP) is 0.500. The largest absolute Gasteiger partial charge is 0.362 e. The lowest BCUT2D eigenvalue weighted by molar-refractivity contribution is -0.184. The van der Waals surface area contributed by atoms with Gasteiger partial charge in [0.1, 0.15) is 12.2 Å². The molecule has 2 saturated heterocycles. The number of rotatable bonds is 2. The second-order valence-corrected chi connectivity index (χ2v) is 4.07. The summed E-state index contributed by atoms with van der Waals surface area (Å²) in [5, 5.41) is 3.53. The molecule has 0 aliphatic carbocycles. The summed E-state index contributed by atoms with van der Waals surface area (Å²) in [7, 11) is 0. The number of ether oxygens (including phenoxy) is 3. The lowest BCUT2D eigenvalue weighted by atomic mass is 10.1. The van der Waals surface area contributed by atoms with Crippen molar-refractivity contribution in [3.8, 4) is 0 Å². The van der Waals surface area contributed by atoms with Crippen LogP contribution in [0.25, 0.3) is 10.4 Å². The summed E-state index contributed by atoms with van der Waals surface area (Å²) in [6.45, 7) is 3.94. The van der Waals surface area contributed by atoms with Crippen LogP contribution in [-0.4, -0.2) is 36.9 Å². The molecular weight excluding hydrogens is 200 g/mol. The number of hydrogen-bond acceptors (Lipinski definition) is 5. The summed E-state index contributed by atoms with van der Waals surface area (Å²) in [5.74, 6) is -0.671. The maximum atomic E-state index is 8.39. The standard InChI is InChI=1S/C8H14N4O3/c1-8(2)14-5-4(3-9)13-7(11-12-10)6(5)15-8/h4-7H,3,9H2,1-2H3/t4-,5-,6?,7-/m1/s1. The van der Waals surface area contributed by atoms with Crippen molar-refractivity contribution in [3.05, 3.63) is 10.4 Å². The minimum Gasteiger partial charge on any atom is -0.362 e. The zero-order valence-electron chi connectivity index (χ0n) is 8.66. The van der Waals surface area contributed by atoms with Crippen LogP contribution in [0.5, 0.6) is 0 Å². The molecule has 7 nitrogen and oxygen atoms in total. The van der Waals surface area contributed by atoms with E-state index in [2.05, 4.69) is 10.0 Å². The molecule has 7 heteroatoms. The second-order valence-electron chi connectivity index (χ2n) is 4.07. The van der Waals surface area contributed by atoms with Crippen LogP contribution in [0.15, 0.2) is 5.11 Å². The molecule has 0 aromatic rings. The molecule has 0 saturated carbocycles. The highest BCUT2D eigenvalue weighted by Gasteiger charge is 2.54. The zero-order chi connectivity index (χ0) is 11.1. The number of nitrogens with two attached hydrogens (primary N) is 1. The van der Waals surface area contributed by atoms with E-state index < -0.39 is 12.0 Å². The van der Waals surface area contributed by atoms with E-state index in [-0.39, 0.29) is 18.3 Å². The molecule has 0 bridgehead atoms. The van der Waals surface area contributed by atoms with Gasteiger partial charge in [0.15, 0.2) is 12.0 Å². The Morgan fingerprint density at radius 1 is 1.40 bits per heavy atom. The van der Waals surface area contributed by atoms with Crippen LogP contribution in [0.1, 0.15) is 13.8 Å². The van der Waals surface area contributed by atoms with Crippen molar-refractivity contribution in [2.75, 3.05) is 6.54 Å². The quantitative estimate of drug-likeness (QED) is 0.410. The number of hydrogen-bond donors (Lipinski definition) is 1. The van der Waals surface area contributed by atoms with E-state index in [0.717, 1.165) is 0 Å². The highest BCUT2D eigenvalue weighted by atomic mass is 16.8. The summed E-state index contributed by atoms with van der Waals surface area (Å²) in [5.41, 5.74) is 13.9. The molecule has 2 N–H and O–H groups in total. The van der Waals surface area contributed by atoms with Crippen molar-refractivity contribution < 1.29 is 14.2 Å². The van der Waals surface area contributed by atoms with Crippen LogP contribution in [0, 0.1) is 0 Å². The van der Waals surface area contributed by atoms with E-state index in [1.54, 1.807) is 0 Å². The van der Waals surface area contributed by atoms with Crippen LogP contribution in [-0.2, 0) is 14.2 Å². The first-order chi connectivity index (χ1) is 7.07. The van der Waals surface area contributed by atoms with Gasteiger partial charge in [-0.15, -0.1) is 0 Å². The monoisotopic (exact) mass is 214 g/mol. The highest BCUT2D eigenvalue weighted by Crippen LogP contribution is 2.38. The van der Waals surface area contributed by atoms with Crippen LogP contribution >= 0.6 is 0 Å². The molecule has 2 aliphatic heterocycles. The van der Waals surface area contributed by atoms with Gasteiger partial charge in [0, 0.05) is 11.5 Å². The Labute approximate surface area is 87.1 Å². The molecule has 2 heterocycles. The Balaban J connectivity index is 2.18. The number of azide groups is 1. The van der Waals surface area contributed by atoms with Gasteiger partial charge in [0.25, 0.3) is 0 Å². The molecule has 0 aromatic carbocycles. The molecular formula is C8H14N4O3. The molecule has 2 rings (SSSR count). The molecule has 4 atom stereocenters. The molecule has 15 heavy (non-hydrogen) atoms. The normalized spacial score (nSPS) is 42.3. The van der Waals surface area contributed by atoms with Gasteiger partial charge in [-0.1, -0.05) is 5.11 Å². The second kappa shape index (κ2) is 3.62. The van der Waals surface area contributed by atoms with E-state index in [0.29, 0.717) is 6.54 Å². The highest BCUT2D eigenvalue weighted by molar-refractivity contribution is 4.97. The summed E-state index contributed by atoms with van der Waals surface area (Å²) in [4.78, 5) is 2.72. The molecule has 0 radical (unpaired) electrons. The summed E-state index contributed by atoms with van der Waals surface area (Å²) < 4.78 is 16.7. The predicted molar refractivity (Wildman–Crippen MR) is 50.7 cm³/mol. The van der Waals surface area contributed by atoms with E-state index in [1.807, 2.05) is 13.8 Å². The lowest BCUT2D eigenvalue weighted by Gasteiger charge is -2.22. The molecule has 84 valence electrons. The van der Waals surface area contributed by atoms with Gasteiger partial charge in [-0.2, -0.15) is 0 Å². The van der Waals surface area contributed by atoms with Crippen LogP contribution in [0.4, 0.5) is 0 Å². The van der Waals surface area contributed by atoms with Gasteiger partial charge in [-0.25, -0.2) is 0 Å². The minimum absolute atomic E-state index is 0.250. The Morgan fingerprint density at radius 2 is 2.07 bits per heavy atom. The van der Waals surface area contributed by atoms with Crippen molar-refractivity contribution >= 4 is 0 Å². The van der Waals surface area contributed by atoms with Crippen LogP contribution in [0.3, 0.4) is 0 Å². The summed E-state index contributed by atoms with van der Waals surface area (Å²) >= 11 is 0. The Bertz CT molecular complexity index is 302. The van der Waals surface area contributed by atoms with E-state index >= 15 is 0 Å². The fraction of sp³-hybridized carbons (Fsp3) is 1.00. The first kappa shape index (κ1) is 10.7. The van der Waals surface area contributed by atoms with Crippen molar-refractivity contribution in [1.82, 2.24) is 0 Å². The first-order valence-electron chi connectivity index (χ1n) is 4.83. The lowest BCUT2D eigenvalue weighted by Crippen LogP contribution is -2.34. The van der Waals surface area contributed by atoms with Gasteiger partial charge in [0.05, 0.1) is 6.10 Å². The third-order valence-corrected chi connectivity index (χ3v) is 2.52. The minimum atomic E-state index is -0.671. The van der Waals surface area contributed by atoms with Gasteiger partial charge in [-0.3, -0.25) is 0 Å². The molecule has 0 aromatic heterocycles. The van der Waals surface area contributed by atoms with Crippen molar-refractivity contribution in [2.45, 2.75) is 44.2 Å². The SMILES string of the molecule is CC1(C)OC2[C@H](N=[N+]=[N-])O[C@H](CN)[C@H]2O1. The van der Waals surface area contributed by atoms with Gasteiger partial charge in [-0.05, 0) is 19.4 Å². The molecule has 2 aliphatic rings. The maximum Gasteiger partial charge on any atom is 0.165 e. The topological polar surface area (TPSA) is 102 Å². The fourth-order valence-corrected chi connectivity index (χ4v) is 1.99. The molecule has 0 amide bonds. The van der Waals surface area contributed by atoms with Crippen molar-refractivity contribution in [3.63, 3.8) is 0 Å². The van der Waals surface area contributed by atoms with Gasteiger partial charge >= 0.3 is 0 Å². The smallest absolute Gasteiger partial charge is 0.165 e. The van der Waals surface area contributed by atoms with E-state index in [4.69, 9.17) is 25.5 Å². The number of nitrogens with zero attached hydrogens (tertiary/aromatic N) is 3. The van der Waals surface area contributed by atoms with Crippen molar-refractivity contribution in [2.24, 2.45) is 10.8 Å². The summed E-state index contributed by atoms with van der Waals surface area (Å²) in [6, 6.07) is 0. The maximum absolute atomic E-state index is 8.39. The third kappa shape index (κ3) is 1.80. The average molecular weight is 214 g/mol.